The van der Waals surface area contributed by atoms with Crippen LogP contribution in [0.1, 0.15) is 15.9 Å². The minimum Gasteiger partial charge on any atom is -0.506 e. The molecule has 128 valence electrons. The van der Waals surface area contributed by atoms with Crippen molar-refractivity contribution in [2.45, 2.75) is 0 Å². The number of ether oxygens (including phenoxy) is 2. The van der Waals surface area contributed by atoms with Gasteiger partial charge in [0.25, 0.3) is 0 Å². The third-order valence-electron chi connectivity index (χ3n) is 2.85. The number of benzene rings is 2. The maximum absolute atomic E-state index is 10.8. The van der Waals surface area contributed by atoms with E-state index in [1.165, 1.54) is 26.4 Å². The first-order valence-electron chi connectivity index (χ1n) is 6.53. The molecule has 0 saturated heterocycles. The van der Waals surface area contributed by atoms with Crippen LogP contribution < -0.4 is 15.2 Å². The molecule has 0 aliphatic rings. The van der Waals surface area contributed by atoms with Crippen molar-refractivity contribution < 1.29 is 19.4 Å². The number of halogens is 2. The number of carbonyl (C=O) groups is 1. The third-order valence-corrected chi connectivity index (χ3v) is 3.36. The standard InChI is InChI=1S/C9H11NO3.C7H5Cl2NO/c1-12-7-3-6(9(10)11)4-8(5-7)13-2;8-5-1-4(3-10)7(11)6(9)2-5/h3-5H,1-2H3,(H2,10,11);1-3,10-11H. The minimum absolute atomic E-state index is 0.105. The number of carbonyl (C=O) groups excluding carboxylic acids is 1. The molecule has 2 rings (SSSR count). The third kappa shape index (κ3) is 5.33. The Morgan fingerprint density at radius 3 is 2.08 bits per heavy atom. The van der Waals surface area contributed by atoms with Crippen LogP contribution in [0.15, 0.2) is 30.3 Å². The van der Waals surface area contributed by atoms with Crippen molar-refractivity contribution in [2.75, 3.05) is 14.2 Å². The summed E-state index contributed by atoms with van der Waals surface area (Å²) in [4.78, 5) is 10.8. The molecule has 1 amide bonds. The summed E-state index contributed by atoms with van der Waals surface area (Å²) < 4.78 is 9.92. The van der Waals surface area contributed by atoms with Crippen LogP contribution in [0.25, 0.3) is 0 Å². The number of hydrogen-bond donors (Lipinski definition) is 3. The van der Waals surface area contributed by atoms with E-state index in [-0.39, 0.29) is 10.8 Å². The van der Waals surface area contributed by atoms with Crippen LogP contribution in [0.5, 0.6) is 17.2 Å². The second kappa shape index (κ2) is 9.00. The highest BCUT2D eigenvalue weighted by Gasteiger charge is 2.05. The Balaban J connectivity index is 0.000000243. The second-order valence-electron chi connectivity index (χ2n) is 4.44. The van der Waals surface area contributed by atoms with Crippen molar-refractivity contribution in [3.05, 3.63) is 51.5 Å². The van der Waals surface area contributed by atoms with E-state index in [1.54, 1.807) is 18.2 Å². The zero-order valence-electron chi connectivity index (χ0n) is 13.0. The van der Waals surface area contributed by atoms with E-state index < -0.39 is 5.91 Å². The lowest BCUT2D eigenvalue weighted by Crippen LogP contribution is -2.11. The molecule has 0 aromatic heterocycles. The van der Waals surface area contributed by atoms with Crippen LogP contribution >= 0.6 is 23.2 Å². The topological polar surface area (TPSA) is 106 Å². The van der Waals surface area contributed by atoms with Gasteiger partial charge in [0.1, 0.15) is 17.2 Å². The van der Waals surface area contributed by atoms with E-state index in [2.05, 4.69) is 0 Å². The largest absolute Gasteiger partial charge is 0.506 e. The number of primary amides is 1. The molecule has 0 fully saturated rings. The van der Waals surface area contributed by atoms with E-state index in [9.17, 15) is 9.90 Å². The highest BCUT2D eigenvalue weighted by molar-refractivity contribution is 6.36. The summed E-state index contributed by atoms with van der Waals surface area (Å²) in [7, 11) is 3.03. The molecule has 0 unspecified atom stereocenters. The summed E-state index contributed by atoms with van der Waals surface area (Å²) in [6, 6.07) is 7.68. The Morgan fingerprint density at radius 1 is 1.12 bits per heavy atom. The maximum Gasteiger partial charge on any atom is 0.248 e. The zero-order valence-corrected chi connectivity index (χ0v) is 14.5. The fraction of sp³-hybridized carbons (Fsp3) is 0.125. The van der Waals surface area contributed by atoms with Crippen molar-refractivity contribution in [3.8, 4) is 17.2 Å². The molecule has 0 aliphatic heterocycles. The van der Waals surface area contributed by atoms with Gasteiger partial charge in [-0.3, -0.25) is 4.79 Å². The first-order chi connectivity index (χ1) is 11.3. The summed E-state index contributed by atoms with van der Waals surface area (Å²) in [6.45, 7) is 0. The molecular weight excluding hydrogens is 355 g/mol. The van der Waals surface area contributed by atoms with Crippen LogP contribution in [0, 0.1) is 5.41 Å². The summed E-state index contributed by atoms with van der Waals surface area (Å²) in [5.74, 6) is 0.490. The number of phenols is 1. The fourth-order valence-electron chi connectivity index (χ4n) is 1.65. The molecule has 0 spiro atoms. The van der Waals surface area contributed by atoms with E-state index in [0.717, 1.165) is 6.21 Å². The monoisotopic (exact) mass is 370 g/mol. The minimum atomic E-state index is -0.503. The molecule has 0 radical (unpaired) electrons. The van der Waals surface area contributed by atoms with Gasteiger partial charge in [0.05, 0.1) is 19.2 Å². The number of hydrogen-bond acceptors (Lipinski definition) is 5. The van der Waals surface area contributed by atoms with Gasteiger partial charge < -0.3 is 25.7 Å². The lowest BCUT2D eigenvalue weighted by molar-refractivity contribution is 0.0999. The highest BCUT2D eigenvalue weighted by atomic mass is 35.5. The number of nitrogens with two attached hydrogens (primary N) is 1. The fourth-order valence-corrected chi connectivity index (χ4v) is 2.15. The average Bonchev–Trinajstić information content (AvgIpc) is 2.57. The van der Waals surface area contributed by atoms with E-state index in [4.69, 9.17) is 43.8 Å². The van der Waals surface area contributed by atoms with Crippen molar-refractivity contribution in [2.24, 2.45) is 5.73 Å². The van der Waals surface area contributed by atoms with Gasteiger partial charge in [-0.05, 0) is 24.3 Å². The molecule has 0 heterocycles. The molecule has 4 N–H and O–H groups in total. The number of aromatic hydroxyl groups is 1. The molecule has 0 aliphatic carbocycles. The second-order valence-corrected chi connectivity index (χ2v) is 5.28. The van der Waals surface area contributed by atoms with Gasteiger partial charge >= 0.3 is 0 Å². The van der Waals surface area contributed by atoms with Crippen molar-refractivity contribution in [1.82, 2.24) is 0 Å². The van der Waals surface area contributed by atoms with Gasteiger partial charge in [0.15, 0.2) is 0 Å². The van der Waals surface area contributed by atoms with Gasteiger partial charge in [-0.25, -0.2) is 0 Å². The van der Waals surface area contributed by atoms with Gasteiger partial charge in [-0.2, -0.15) is 0 Å². The van der Waals surface area contributed by atoms with Gasteiger partial charge in [0.2, 0.25) is 5.91 Å². The quantitative estimate of drug-likeness (QED) is 0.715. The Bertz CT molecular complexity index is 729. The predicted molar refractivity (Wildman–Crippen MR) is 94.1 cm³/mol. The van der Waals surface area contributed by atoms with Gasteiger partial charge in [-0.15, -0.1) is 0 Å². The molecule has 0 saturated carbocycles. The number of methoxy groups -OCH3 is 2. The Kier molecular flexibility index (Phi) is 7.35. The van der Waals surface area contributed by atoms with Crippen LogP contribution in [-0.4, -0.2) is 31.4 Å². The zero-order chi connectivity index (χ0) is 18.3. The summed E-state index contributed by atoms with van der Waals surface area (Å²) in [5.41, 5.74) is 5.80. The Labute approximate surface area is 149 Å². The van der Waals surface area contributed by atoms with Crippen LogP contribution in [-0.2, 0) is 0 Å². The first-order valence-corrected chi connectivity index (χ1v) is 7.29. The number of nitrogens with one attached hydrogen (secondary N) is 1. The number of phenolic OH excluding ortho intramolecular Hbond substituents is 1. The molecule has 8 heteroatoms. The summed E-state index contributed by atoms with van der Waals surface area (Å²) >= 11 is 11.2. The lowest BCUT2D eigenvalue weighted by Gasteiger charge is -2.05. The molecule has 2 aromatic carbocycles. The van der Waals surface area contributed by atoms with Gasteiger partial charge in [-0.1, -0.05) is 23.2 Å². The normalized spacial score (nSPS) is 9.50. The first kappa shape index (κ1) is 19.6. The van der Waals surface area contributed by atoms with Crippen molar-refractivity contribution in [3.63, 3.8) is 0 Å². The van der Waals surface area contributed by atoms with Gasteiger partial charge in [0, 0.05) is 28.4 Å². The Morgan fingerprint density at radius 2 is 1.67 bits per heavy atom. The molecular formula is C16H16Cl2N2O4. The van der Waals surface area contributed by atoms with Crippen LogP contribution in [0.3, 0.4) is 0 Å². The maximum atomic E-state index is 10.8. The summed E-state index contributed by atoms with van der Waals surface area (Å²) in [5, 5.41) is 16.6. The molecule has 2 aromatic rings. The summed E-state index contributed by atoms with van der Waals surface area (Å²) in [6.07, 6.45) is 0.993. The number of amides is 1. The SMILES string of the molecule is COc1cc(OC)cc(C(N)=O)c1.N=Cc1cc(Cl)cc(Cl)c1O. The average molecular weight is 371 g/mol. The predicted octanol–water partition coefficient (Wildman–Crippen LogP) is 3.50. The molecule has 0 bridgehead atoms. The molecule has 24 heavy (non-hydrogen) atoms. The lowest BCUT2D eigenvalue weighted by atomic mass is 10.2. The van der Waals surface area contributed by atoms with Crippen LogP contribution in [0.4, 0.5) is 0 Å². The molecule has 6 nitrogen and oxygen atoms in total. The van der Waals surface area contributed by atoms with E-state index in [0.29, 0.717) is 27.6 Å². The number of rotatable bonds is 4. The molecule has 0 atom stereocenters. The van der Waals surface area contributed by atoms with Crippen LogP contribution in [0.2, 0.25) is 10.0 Å². The Hall–Kier alpha value is -2.44. The smallest absolute Gasteiger partial charge is 0.248 e. The highest BCUT2D eigenvalue weighted by Crippen LogP contribution is 2.29. The van der Waals surface area contributed by atoms with E-state index >= 15 is 0 Å². The van der Waals surface area contributed by atoms with Crippen molar-refractivity contribution in [1.29, 1.82) is 5.41 Å². The van der Waals surface area contributed by atoms with Crippen molar-refractivity contribution >= 4 is 35.3 Å². The van der Waals surface area contributed by atoms with E-state index in [1.807, 2.05) is 0 Å².